The summed E-state index contributed by atoms with van der Waals surface area (Å²) < 4.78 is 39.4. The van der Waals surface area contributed by atoms with Gasteiger partial charge in [0.1, 0.15) is 0 Å². The van der Waals surface area contributed by atoms with Crippen LogP contribution in [0.2, 0.25) is 0 Å². The Hall–Kier alpha value is -1.07. The highest BCUT2D eigenvalue weighted by Crippen LogP contribution is 2.26. The summed E-state index contributed by atoms with van der Waals surface area (Å²) in [6.45, 7) is 2.00. The van der Waals surface area contributed by atoms with Gasteiger partial charge >= 0.3 is 0 Å². The molecule has 1 heterocycles. The van der Waals surface area contributed by atoms with Crippen molar-refractivity contribution in [2.45, 2.75) is 25.3 Å². The van der Waals surface area contributed by atoms with Gasteiger partial charge in [-0.25, -0.2) is 13.2 Å². The van der Waals surface area contributed by atoms with E-state index in [2.05, 4.69) is 4.90 Å². The van der Waals surface area contributed by atoms with Crippen LogP contribution in [-0.4, -0.2) is 24.5 Å². The maximum Gasteiger partial charge on any atom is 0.194 e. The third-order valence-electron chi connectivity index (χ3n) is 3.45. The Morgan fingerprint density at radius 1 is 1.06 bits per heavy atom. The van der Waals surface area contributed by atoms with E-state index < -0.39 is 17.5 Å². The molecular weight excluding hydrogens is 241 g/mol. The van der Waals surface area contributed by atoms with Crippen LogP contribution >= 0.6 is 0 Å². The first-order valence-corrected chi connectivity index (χ1v) is 6.22. The fourth-order valence-electron chi connectivity index (χ4n) is 2.49. The summed E-state index contributed by atoms with van der Waals surface area (Å²) in [5, 5.41) is 0. The van der Waals surface area contributed by atoms with Gasteiger partial charge in [-0.05, 0) is 43.6 Å². The fourth-order valence-corrected chi connectivity index (χ4v) is 2.49. The Balaban J connectivity index is 2.26. The van der Waals surface area contributed by atoms with Crippen molar-refractivity contribution >= 4 is 0 Å². The van der Waals surface area contributed by atoms with Crippen molar-refractivity contribution in [2.24, 2.45) is 5.73 Å². The molecule has 1 atom stereocenters. The van der Waals surface area contributed by atoms with Gasteiger partial charge in [-0.15, -0.1) is 0 Å². The van der Waals surface area contributed by atoms with Crippen LogP contribution in [0.25, 0.3) is 0 Å². The number of nitrogens with two attached hydrogens (primary N) is 1. The van der Waals surface area contributed by atoms with Crippen LogP contribution < -0.4 is 5.73 Å². The van der Waals surface area contributed by atoms with Crippen LogP contribution in [0.15, 0.2) is 12.1 Å². The summed E-state index contributed by atoms with van der Waals surface area (Å²) >= 11 is 0. The molecule has 0 radical (unpaired) electrons. The zero-order valence-electron chi connectivity index (χ0n) is 10.1. The second-order valence-electron chi connectivity index (χ2n) is 4.65. The van der Waals surface area contributed by atoms with Gasteiger partial charge in [-0.1, -0.05) is 6.42 Å². The van der Waals surface area contributed by atoms with Crippen molar-refractivity contribution in [2.75, 3.05) is 19.6 Å². The zero-order valence-corrected chi connectivity index (χ0v) is 10.1. The Morgan fingerprint density at radius 2 is 1.61 bits per heavy atom. The van der Waals surface area contributed by atoms with Crippen molar-refractivity contribution in [3.63, 3.8) is 0 Å². The second kappa shape index (κ2) is 5.71. The van der Waals surface area contributed by atoms with E-state index in [4.69, 9.17) is 5.73 Å². The molecule has 1 aliphatic rings. The molecule has 0 amide bonds. The third-order valence-corrected chi connectivity index (χ3v) is 3.45. The predicted octanol–water partition coefficient (Wildman–Crippen LogP) is 2.59. The Kier molecular flexibility index (Phi) is 4.24. The molecule has 1 fully saturated rings. The van der Waals surface area contributed by atoms with E-state index in [0.717, 1.165) is 38.1 Å². The van der Waals surface area contributed by atoms with Crippen LogP contribution in [-0.2, 0) is 0 Å². The van der Waals surface area contributed by atoms with Gasteiger partial charge in [0.2, 0.25) is 0 Å². The fraction of sp³-hybridized carbons (Fsp3) is 0.538. The highest BCUT2D eigenvalue weighted by atomic mass is 19.2. The van der Waals surface area contributed by atoms with Gasteiger partial charge in [0.25, 0.3) is 0 Å². The minimum absolute atomic E-state index is 0.241. The lowest BCUT2D eigenvalue weighted by Gasteiger charge is -2.34. The van der Waals surface area contributed by atoms with E-state index in [1.54, 1.807) is 0 Å². The number of nitrogens with zero attached hydrogens (tertiary/aromatic N) is 1. The zero-order chi connectivity index (χ0) is 13.1. The SMILES string of the molecule is NCC(c1cc(F)c(F)c(F)c1)N1CCCCC1. The lowest BCUT2D eigenvalue weighted by atomic mass is 10.0. The topological polar surface area (TPSA) is 29.3 Å². The summed E-state index contributed by atoms with van der Waals surface area (Å²) in [7, 11) is 0. The number of benzene rings is 1. The van der Waals surface area contributed by atoms with Crippen LogP contribution in [0, 0.1) is 17.5 Å². The molecule has 5 heteroatoms. The van der Waals surface area contributed by atoms with Gasteiger partial charge in [0.05, 0.1) is 0 Å². The molecule has 1 aliphatic heterocycles. The molecule has 1 unspecified atom stereocenters. The first kappa shape index (κ1) is 13.4. The molecule has 0 aromatic heterocycles. The van der Waals surface area contributed by atoms with E-state index >= 15 is 0 Å². The maximum absolute atomic E-state index is 13.2. The van der Waals surface area contributed by atoms with Crippen molar-refractivity contribution in [3.05, 3.63) is 35.1 Å². The van der Waals surface area contributed by atoms with E-state index in [0.29, 0.717) is 5.56 Å². The highest BCUT2D eigenvalue weighted by Gasteiger charge is 2.23. The van der Waals surface area contributed by atoms with Crippen molar-refractivity contribution in [1.82, 2.24) is 4.90 Å². The van der Waals surface area contributed by atoms with Crippen LogP contribution in [0.5, 0.6) is 0 Å². The van der Waals surface area contributed by atoms with Crippen LogP contribution in [0.3, 0.4) is 0 Å². The average molecular weight is 258 g/mol. The minimum Gasteiger partial charge on any atom is -0.329 e. The number of hydrogen-bond acceptors (Lipinski definition) is 2. The summed E-state index contributed by atoms with van der Waals surface area (Å²) in [6, 6.07) is 1.85. The molecule has 100 valence electrons. The van der Waals surface area contributed by atoms with Gasteiger partial charge in [0, 0.05) is 12.6 Å². The van der Waals surface area contributed by atoms with E-state index in [-0.39, 0.29) is 12.6 Å². The molecule has 18 heavy (non-hydrogen) atoms. The normalized spacial score (nSPS) is 18.9. The first-order valence-electron chi connectivity index (χ1n) is 6.22. The first-order chi connectivity index (χ1) is 8.63. The number of piperidine rings is 1. The van der Waals surface area contributed by atoms with Crippen LogP contribution in [0.1, 0.15) is 30.9 Å². The molecule has 0 saturated carbocycles. The summed E-state index contributed by atoms with van der Waals surface area (Å²) in [5.74, 6) is -3.73. The van der Waals surface area contributed by atoms with Crippen molar-refractivity contribution in [3.8, 4) is 0 Å². The van der Waals surface area contributed by atoms with Crippen molar-refractivity contribution in [1.29, 1.82) is 0 Å². The van der Waals surface area contributed by atoms with Gasteiger partial charge in [0.15, 0.2) is 17.5 Å². The molecule has 2 N–H and O–H groups in total. The van der Waals surface area contributed by atoms with E-state index in [9.17, 15) is 13.2 Å². The van der Waals surface area contributed by atoms with Gasteiger partial charge in [-0.3, -0.25) is 4.90 Å². The summed E-state index contributed by atoms with van der Waals surface area (Å²) in [5.41, 5.74) is 6.11. The average Bonchev–Trinajstić information content (AvgIpc) is 2.38. The largest absolute Gasteiger partial charge is 0.329 e. The van der Waals surface area contributed by atoms with Crippen molar-refractivity contribution < 1.29 is 13.2 Å². The molecule has 1 aromatic rings. The number of halogens is 3. The quantitative estimate of drug-likeness (QED) is 0.844. The monoisotopic (exact) mass is 258 g/mol. The Morgan fingerprint density at radius 3 is 2.11 bits per heavy atom. The molecule has 0 bridgehead atoms. The highest BCUT2D eigenvalue weighted by molar-refractivity contribution is 5.23. The minimum atomic E-state index is -1.42. The molecule has 1 aromatic carbocycles. The molecule has 2 rings (SSSR count). The Bertz CT molecular complexity index is 394. The van der Waals surface area contributed by atoms with Gasteiger partial charge < -0.3 is 5.73 Å². The summed E-state index contributed by atoms with van der Waals surface area (Å²) in [6.07, 6.45) is 3.28. The van der Waals surface area contributed by atoms with E-state index in [1.807, 2.05) is 0 Å². The third kappa shape index (κ3) is 2.67. The number of likely N-dealkylation sites (tertiary alicyclic amines) is 1. The molecular formula is C13H17F3N2. The van der Waals surface area contributed by atoms with Crippen LogP contribution in [0.4, 0.5) is 13.2 Å². The maximum atomic E-state index is 13.2. The molecule has 2 nitrogen and oxygen atoms in total. The van der Waals surface area contributed by atoms with E-state index in [1.165, 1.54) is 6.42 Å². The second-order valence-corrected chi connectivity index (χ2v) is 4.65. The number of rotatable bonds is 3. The predicted molar refractivity (Wildman–Crippen MR) is 63.5 cm³/mol. The molecule has 1 saturated heterocycles. The Labute approximate surface area is 105 Å². The van der Waals surface area contributed by atoms with Gasteiger partial charge in [-0.2, -0.15) is 0 Å². The molecule has 0 spiro atoms. The smallest absolute Gasteiger partial charge is 0.194 e. The number of hydrogen-bond donors (Lipinski definition) is 1. The lowest BCUT2D eigenvalue weighted by molar-refractivity contribution is 0.167. The lowest BCUT2D eigenvalue weighted by Crippen LogP contribution is -2.37. The summed E-state index contributed by atoms with van der Waals surface area (Å²) in [4.78, 5) is 2.11. The standard InChI is InChI=1S/C13H17F3N2/c14-10-6-9(7-11(15)13(10)16)12(8-17)18-4-2-1-3-5-18/h6-7,12H,1-5,8,17H2. The molecule has 0 aliphatic carbocycles.